The van der Waals surface area contributed by atoms with E-state index in [4.69, 9.17) is 5.11 Å². The third-order valence-electron chi connectivity index (χ3n) is 1.87. The molecular weight excluding hydrogens is 215 g/mol. The molecule has 0 bridgehead atoms. The van der Waals surface area contributed by atoms with Crippen molar-refractivity contribution < 1.29 is 27.9 Å². The van der Waals surface area contributed by atoms with Crippen LogP contribution in [0.1, 0.15) is 6.42 Å². The van der Waals surface area contributed by atoms with Gasteiger partial charge < -0.3 is 10.0 Å². The number of rotatable bonds is 0. The van der Waals surface area contributed by atoms with E-state index in [1.54, 1.807) is 5.92 Å². The number of carboxylic acids is 1. The largest absolute Gasteiger partial charge is 0.472 e. The van der Waals surface area contributed by atoms with E-state index in [1.807, 2.05) is 0 Å². The van der Waals surface area contributed by atoms with E-state index in [0.717, 1.165) is 0 Å². The van der Waals surface area contributed by atoms with Crippen molar-refractivity contribution in [1.29, 1.82) is 0 Å². The van der Waals surface area contributed by atoms with Gasteiger partial charge >= 0.3 is 18.1 Å². The molecule has 1 aliphatic rings. The summed E-state index contributed by atoms with van der Waals surface area (Å²) in [7, 11) is 0. The zero-order valence-corrected chi connectivity index (χ0v) is 7.34. The highest BCUT2D eigenvalue weighted by atomic mass is 19.4. The van der Waals surface area contributed by atoms with E-state index in [0.29, 0.717) is 4.90 Å². The minimum atomic E-state index is -4.93. The van der Waals surface area contributed by atoms with Gasteiger partial charge in [0.15, 0.2) is 0 Å². The molecule has 1 heterocycles. The van der Waals surface area contributed by atoms with Crippen LogP contribution in [0.2, 0.25) is 0 Å². The molecule has 15 heavy (non-hydrogen) atoms. The molecule has 0 aromatic rings. The maximum absolute atomic E-state index is 11.9. The molecule has 1 amide bonds. The van der Waals surface area contributed by atoms with Crippen LogP contribution in [0.15, 0.2) is 0 Å². The maximum Gasteiger partial charge on any atom is 0.471 e. The Morgan fingerprint density at radius 2 is 2.00 bits per heavy atom. The van der Waals surface area contributed by atoms with Gasteiger partial charge in [-0.1, -0.05) is 5.92 Å². The number of nitrogens with zero attached hydrogens (tertiary/aromatic N) is 1. The molecule has 0 radical (unpaired) electrons. The van der Waals surface area contributed by atoms with Gasteiger partial charge in [0, 0.05) is 12.5 Å². The lowest BCUT2D eigenvalue weighted by molar-refractivity contribution is -0.191. The van der Waals surface area contributed by atoms with Gasteiger partial charge in [-0.2, -0.15) is 13.2 Å². The molecule has 0 aliphatic carbocycles. The van der Waals surface area contributed by atoms with Crippen molar-refractivity contribution in [1.82, 2.24) is 4.90 Å². The molecule has 1 aliphatic heterocycles. The molecule has 0 aromatic heterocycles. The summed E-state index contributed by atoms with van der Waals surface area (Å²) in [6.07, 6.45) is -4.66. The number of aliphatic carboxylic acids is 1. The summed E-state index contributed by atoms with van der Waals surface area (Å²) in [5.41, 5.74) is 0. The van der Waals surface area contributed by atoms with Crippen LogP contribution in [0.3, 0.4) is 0 Å². The highest BCUT2D eigenvalue weighted by Gasteiger charge is 2.47. The number of alkyl halides is 3. The monoisotopic (exact) mass is 221 g/mol. The first kappa shape index (κ1) is 11.4. The van der Waals surface area contributed by atoms with Crippen LogP contribution < -0.4 is 0 Å². The summed E-state index contributed by atoms with van der Waals surface area (Å²) in [4.78, 5) is 21.2. The average molecular weight is 221 g/mol. The minimum Gasteiger partial charge on any atom is -0.472 e. The number of hydrogen-bond donors (Lipinski definition) is 1. The van der Waals surface area contributed by atoms with E-state index in [1.165, 1.54) is 0 Å². The first-order valence-corrected chi connectivity index (χ1v) is 3.94. The zero-order chi connectivity index (χ0) is 11.6. The molecule has 1 saturated heterocycles. The van der Waals surface area contributed by atoms with Crippen LogP contribution >= 0.6 is 0 Å². The first-order chi connectivity index (χ1) is 6.82. The zero-order valence-electron chi connectivity index (χ0n) is 7.34. The molecule has 82 valence electrons. The third kappa shape index (κ3) is 2.62. The lowest BCUT2D eigenvalue weighted by Crippen LogP contribution is -2.54. The topological polar surface area (TPSA) is 57.6 Å². The first-order valence-electron chi connectivity index (χ1n) is 3.94. The fourth-order valence-corrected chi connectivity index (χ4v) is 1.09. The molecule has 0 spiro atoms. The summed E-state index contributed by atoms with van der Waals surface area (Å²) in [6, 6.07) is -0.935. The number of amides is 1. The molecule has 1 atom stereocenters. The van der Waals surface area contributed by atoms with Gasteiger partial charge in [0.05, 0.1) is 6.04 Å². The smallest absolute Gasteiger partial charge is 0.471 e. The van der Waals surface area contributed by atoms with E-state index in [-0.39, 0.29) is 13.0 Å². The lowest BCUT2D eigenvalue weighted by Gasteiger charge is -2.37. The third-order valence-corrected chi connectivity index (χ3v) is 1.87. The number of carbonyl (C=O) groups excluding carboxylic acids is 1. The molecule has 4 nitrogen and oxygen atoms in total. The fourth-order valence-electron chi connectivity index (χ4n) is 1.09. The number of likely N-dealkylation sites (tertiary alicyclic amines) is 1. The standard InChI is InChI=1S/C8H6F3NO3/c9-8(10,11)7(15)12-4-3-5(12)1-2-6(13)14/h5H,3-4H2,(H,13,14). The van der Waals surface area contributed by atoms with Crippen molar-refractivity contribution in [2.75, 3.05) is 6.54 Å². The molecule has 1 fully saturated rings. The van der Waals surface area contributed by atoms with Crippen molar-refractivity contribution in [3.05, 3.63) is 0 Å². The Hall–Kier alpha value is -1.71. The van der Waals surface area contributed by atoms with Gasteiger partial charge in [-0.3, -0.25) is 4.79 Å². The molecule has 1 N–H and O–H groups in total. The Morgan fingerprint density at radius 1 is 1.40 bits per heavy atom. The molecule has 1 unspecified atom stereocenters. The second-order valence-electron chi connectivity index (χ2n) is 2.88. The number of halogens is 3. The van der Waals surface area contributed by atoms with Crippen LogP contribution in [0, 0.1) is 11.8 Å². The Balaban J connectivity index is 2.65. The molecule has 7 heteroatoms. The molecule has 0 aromatic carbocycles. The van der Waals surface area contributed by atoms with Gasteiger partial charge in [0.25, 0.3) is 0 Å². The van der Waals surface area contributed by atoms with Crippen molar-refractivity contribution in [3.8, 4) is 11.8 Å². The van der Waals surface area contributed by atoms with Gasteiger partial charge in [-0.05, 0) is 6.42 Å². The van der Waals surface area contributed by atoms with Gasteiger partial charge in [0.1, 0.15) is 0 Å². The Morgan fingerprint density at radius 3 is 2.33 bits per heavy atom. The van der Waals surface area contributed by atoms with Crippen LogP contribution in [-0.4, -0.2) is 40.6 Å². The number of hydrogen-bond acceptors (Lipinski definition) is 2. The Bertz CT molecular complexity index is 352. The van der Waals surface area contributed by atoms with Crippen LogP contribution in [0.4, 0.5) is 13.2 Å². The fraction of sp³-hybridized carbons (Fsp3) is 0.500. The summed E-state index contributed by atoms with van der Waals surface area (Å²) in [5, 5.41) is 8.17. The van der Waals surface area contributed by atoms with E-state index < -0.39 is 24.1 Å². The van der Waals surface area contributed by atoms with E-state index in [2.05, 4.69) is 5.92 Å². The Kier molecular flexibility index (Phi) is 2.88. The van der Waals surface area contributed by atoms with Gasteiger partial charge in [0.2, 0.25) is 0 Å². The summed E-state index contributed by atoms with van der Waals surface area (Å²) < 4.78 is 35.8. The average Bonchev–Trinajstić information content (AvgIpc) is 1.99. The van der Waals surface area contributed by atoms with E-state index in [9.17, 15) is 22.8 Å². The summed E-state index contributed by atoms with van der Waals surface area (Å²) in [6.45, 7) is -0.0443. The van der Waals surface area contributed by atoms with Gasteiger partial charge in [-0.15, -0.1) is 0 Å². The van der Waals surface area contributed by atoms with Crippen LogP contribution in [-0.2, 0) is 9.59 Å². The maximum atomic E-state index is 11.9. The number of carbonyl (C=O) groups is 2. The molecule has 0 saturated carbocycles. The predicted molar refractivity (Wildman–Crippen MR) is 41.6 cm³/mol. The van der Waals surface area contributed by atoms with Crippen molar-refractivity contribution >= 4 is 11.9 Å². The Labute approximate surface area is 82.7 Å². The number of carboxylic acid groups (broad SMARTS) is 1. The van der Waals surface area contributed by atoms with Crippen molar-refractivity contribution in [2.24, 2.45) is 0 Å². The summed E-state index contributed by atoms with van der Waals surface area (Å²) >= 11 is 0. The second-order valence-corrected chi connectivity index (χ2v) is 2.88. The quantitative estimate of drug-likeness (QED) is 0.596. The normalized spacial score (nSPS) is 19.9. The molecular formula is C8H6F3NO3. The molecule has 1 rings (SSSR count). The highest BCUT2D eigenvalue weighted by Crippen LogP contribution is 2.25. The second kappa shape index (κ2) is 3.81. The van der Waals surface area contributed by atoms with Crippen molar-refractivity contribution in [2.45, 2.75) is 18.6 Å². The van der Waals surface area contributed by atoms with Crippen molar-refractivity contribution in [3.63, 3.8) is 0 Å². The van der Waals surface area contributed by atoms with Crippen LogP contribution in [0.25, 0.3) is 0 Å². The minimum absolute atomic E-state index is 0.0443. The van der Waals surface area contributed by atoms with Gasteiger partial charge in [-0.25, -0.2) is 4.79 Å². The van der Waals surface area contributed by atoms with Crippen LogP contribution in [0.5, 0.6) is 0 Å². The SMILES string of the molecule is O=C(O)C#CC1CCN1C(=O)C(F)(F)F. The highest BCUT2D eigenvalue weighted by molar-refractivity contribution is 5.87. The predicted octanol–water partition coefficient (Wildman–Crippen LogP) is 0.238. The summed E-state index contributed by atoms with van der Waals surface area (Å²) in [5.74, 6) is 0.363. The lowest BCUT2D eigenvalue weighted by atomic mass is 10.0. The van der Waals surface area contributed by atoms with E-state index >= 15 is 0 Å².